The highest BCUT2D eigenvalue weighted by Gasteiger charge is 2.41. The zero-order chi connectivity index (χ0) is 14.8. The molecule has 0 aliphatic heterocycles. The van der Waals surface area contributed by atoms with Gasteiger partial charge in [-0.2, -0.15) is 0 Å². The molecule has 2 atom stereocenters. The van der Waals surface area contributed by atoms with Gasteiger partial charge >= 0.3 is 0 Å². The van der Waals surface area contributed by atoms with Crippen LogP contribution >= 0.6 is 0 Å². The van der Waals surface area contributed by atoms with Gasteiger partial charge in [0.2, 0.25) is 0 Å². The van der Waals surface area contributed by atoms with Crippen molar-refractivity contribution in [2.24, 2.45) is 0 Å². The lowest BCUT2D eigenvalue weighted by Gasteiger charge is -2.41. The minimum absolute atomic E-state index is 0.0755. The van der Waals surface area contributed by atoms with Crippen LogP contribution in [0.25, 0.3) is 0 Å². The first-order valence-electron chi connectivity index (χ1n) is 6.89. The Labute approximate surface area is 117 Å². The second kappa shape index (κ2) is 5.90. The van der Waals surface area contributed by atoms with Crippen LogP contribution in [0.2, 0.25) is 18.1 Å². The minimum atomic E-state index is -1.88. The summed E-state index contributed by atoms with van der Waals surface area (Å²) in [6.45, 7) is 14.6. The summed E-state index contributed by atoms with van der Waals surface area (Å²) in [5.41, 5.74) is 1.31. The molecule has 0 radical (unpaired) electrons. The molecular weight excluding hydrogens is 259 g/mol. The van der Waals surface area contributed by atoms with E-state index in [0.29, 0.717) is 18.4 Å². The van der Waals surface area contributed by atoms with E-state index in [1.54, 1.807) is 6.08 Å². The Kier molecular flexibility index (Phi) is 5.15. The zero-order valence-electron chi connectivity index (χ0n) is 12.8. The molecule has 0 bridgehead atoms. The van der Waals surface area contributed by atoms with Crippen LogP contribution in [0, 0.1) is 0 Å². The zero-order valence-corrected chi connectivity index (χ0v) is 13.8. The predicted octanol–water partition coefficient (Wildman–Crippen LogP) is 3.98. The summed E-state index contributed by atoms with van der Waals surface area (Å²) in [7, 11) is -1.88. The van der Waals surface area contributed by atoms with Crippen molar-refractivity contribution in [3.63, 3.8) is 0 Å². The van der Waals surface area contributed by atoms with Gasteiger partial charge in [-0.1, -0.05) is 33.4 Å². The molecular formula is C15H27FO2Si. The fourth-order valence-electron chi connectivity index (χ4n) is 2.04. The van der Waals surface area contributed by atoms with Gasteiger partial charge in [0, 0.05) is 6.42 Å². The molecule has 1 aliphatic rings. The van der Waals surface area contributed by atoms with Gasteiger partial charge in [-0.25, -0.2) is 4.39 Å². The summed E-state index contributed by atoms with van der Waals surface area (Å²) >= 11 is 0. The van der Waals surface area contributed by atoms with E-state index in [-0.39, 0.29) is 17.7 Å². The molecule has 0 amide bonds. The first kappa shape index (κ1) is 16.6. The van der Waals surface area contributed by atoms with E-state index in [2.05, 4.69) is 40.4 Å². The minimum Gasteiger partial charge on any atom is -0.413 e. The molecule has 0 saturated heterocycles. The normalized spacial score (nSPS) is 27.9. The quantitative estimate of drug-likeness (QED) is 0.795. The topological polar surface area (TPSA) is 29.5 Å². The molecule has 0 heterocycles. The number of aliphatic hydroxyl groups is 1. The van der Waals surface area contributed by atoms with Gasteiger partial charge in [0.15, 0.2) is 8.32 Å². The van der Waals surface area contributed by atoms with Crippen LogP contribution in [-0.2, 0) is 4.43 Å². The summed E-state index contributed by atoms with van der Waals surface area (Å²) in [5, 5.41) is 9.12. The number of halogens is 1. The van der Waals surface area contributed by atoms with Crippen LogP contribution in [-0.4, -0.2) is 32.3 Å². The maximum absolute atomic E-state index is 14.0. The third-order valence-electron chi connectivity index (χ3n) is 4.31. The van der Waals surface area contributed by atoms with Crippen molar-refractivity contribution in [3.05, 3.63) is 23.8 Å². The van der Waals surface area contributed by atoms with Gasteiger partial charge in [-0.3, -0.25) is 0 Å². The molecule has 1 N–H and O–H groups in total. The van der Waals surface area contributed by atoms with E-state index in [1.165, 1.54) is 0 Å². The SMILES string of the molecule is C=C1/C(=C/CO)C[C@@H](O[Si](C)(C)C(C)(C)C)C[C@@H]1F. The second-order valence-corrected chi connectivity index (χ2v) is 11.6. The summed E-state index contributed by atoms with van der Waals surface area (Å²) in [5.74, 6) is 0. The summed E-state index contributed by atoms with van der Waals surface area (Å²) < 4.78 is 20.3. The maximum atomic E-state index is 14.0. The Hall–Kier alpha value is -0.453. The van der Waals surface area contributed by atoms with E-state index < -0.39 is 14.5 Å². The van der Waals surface area contributed by atoms with E-state index in [0.717, 1.165) is 5.57 Å². The molecule has 0 unspecified atom stereocenters. The van der Waals surface area contributed by atoms with Gasteiger partial charge in [-0.15, -0.1) is 0 Å². The van der Waals surface area contributed by atoms with Crippen molar-refractivity contribution in [1.29, 1.82) is 0 Å². The molecule has 1 saturated carbocycles. The van der Waals surface area contributed by atoms with Crippen LogP contribution in [0.5, 0.6) is 0 Å². The summed E-state index contributed by atoms with van der Waals surface area (Å²) in [4.78, 5) is 0. The lowest BCUT2D eigenvalue weighted by atomic mass is 9.87. The lowest BCUT2D eigenvalue weighted by molar-refractivity contribution is 0.131. The Balaban J connectivity index is 2.81. The lowest BCUT2D eigenvalue weighted by Crippen LogP contribution is -2.45. The standard InChI is InChI=1S/C15H27FO2Si/c1-11-12(7-8-17)9-13(10-14(11)16)18-19(5,6)15(2,3)4/h7,13-14,17H,1,8-10H2,2-6H3/b12-7+/t13-,14+/m1/s1. The largest absolute Gasteiger partial charge is 0.413 e. The average Bonchev–Trinajstić information content (AvgIpc) is 2.23. The highest BCUT2D eigenvalue weighted by molar-refractivity contribution is 6.74. The van der Waals surface area contributed by atoms with Crippen molar-refractivity contribution >= 4 is 8.32 Å². The summed E-state index contributed by atoms with van der Waals surface area (Å²) in [6, 6.07) is 0. The number of hydrogen-bond donors (Lipinski definition) is 1. The van der Waals surface area contributed by atoms with Crippen LogP contribution in [0.1, 0.15) is 33.6 Å². The molecule has 1 aliphatic carbocycles. The number of aliphatic hydroxyl groups excluding tert-OH is 1. The Morgan fingerprint density at radius 2 is 2.05 bits per heavy atom. The Bertz CT molecular complexity index is 369. The summed E-state index contributed by atoms with van der Waals surface area (Å²) in [6.07, 6.45) is 1.54. The third kappa shape index (κ3) is 4.00. The van der Waals surface area contributed by atoms with Crippen molar-refractivity contribution in [2.45, 2.75) is 64.0 Å². The van der Waals surface area contributed by atoms with Gasteiger partial charge < -0.3 is 9.53 Å². The van der Waals surface area contributed by atoms with E-state index in [4.69, 9.17) is 9.53 Å². The first-order chi connectivity index (χ1) is 8.58. The van der Waals surface area contributed by atoms with Gasteiger partial charge in [0.05, 0.1) is 12.7 Å². The molecule has 0 aromatic heterocycles. The van der Waals surface area contributed by atoms with Gasteiger partial charge in [-0.05, 0) is 35.7 Å². The molecule has 1 rings (SSSR count). The maximum Gasteiger partial charge on any atom is 0.192 e. The number of rotatable bonds is 3. The van der Waals surface area contributed by atoms with E-state index in [9.17, 15) is 4.39 Å². The van der Waals surface area contributed by atoms with Crippen molar-refractivity contribution < 1.29 is 13.9 Å². The fourth-order valence-corrected chi connectivity index (χ4v) is 3.41. The molecule has 0 spiro atoms. The highest BCUT2D eigenvalue weighted by Crippen LogP contribution is 2.40. The van der Waals surface area contributed by atoms with E-state index >= 15 is 0 Å². The van der Waals surface area contributed by atoms with Crippen LogP contribution in [0.4, 0.5) is 4.39 Å². The smallest absolute Gasteiger partial charge is 0.192 e. The number of alkyl halides is 1. The van der Waals surface area contributed by atoms with Crippen LogP contribution in [0.15, 0.2) is 23.8 Å². The van der Waals surface area contributed by atoms with Gasteiger partial charge in [0.25, 0.3) is 0 Å². The molecule has 0 aromatic carbocycles. The fraction of sp³-hybridized carbons (Fsp3) is 0.733. The van der Waals surface area contributed by atoms with E-state index in [1.807, 2.05) is 0 Å². The first-order valence-corrected chi connectivity index (χ1v) is 9.80. The van der Waals surface area contributed by atoms with Crippen LogP contribution in [0.3, 0.4) is 0 Å². The number of allylic oxidation sites excluding steroid dienone is 1. The monoisotopic (exact) mass is 286 g/mol. The van der Waals surface area contributed by atoms with Crippen molar-refractivity contribution in [2.75, 3.05) is 6.61 Å². The Morgan fingerprint density at radius 1 is 1.47 bits per heavy atom. The van der Waals surface area contributed by atoms with Crippen molar-refractivity contribution in [1.82, 2.24) is 0 Å². The molecule has 0 aromatic rings. The molecule has 19 heavy (non-hydrogen) atoms. The Morgan fingerprint density at radius 3 is 2.53 bits per heavy atom. The molecule has 2 nitrogen and oxygen atoms in total. The van der Waals surface area contributed by atoms with Gasteiger partial charge in [0.1, 0.15) is 6.17 Å². The molecule has 1 fully saturated rings. The number of hydrogen-bond acceptors (Lipinski definition) is 2. The molecule has 4 heteroatoms. The van der Waals surface area contributed by atoms with Crippen LogP contribution < -0.4 is 0 Å². The highest BCUT2D eigenvalue weighted by atomic mass is 28.4. The van der Waals surface area contributed by atoms with Crippen molar-refractivity contribution in [3.8, 4) is 0 Å². The average molecular weight is 286 g/mol. The second-order valence-electron chi connectivity index (χ2n) is 6.84. The predicted molar refractivity (Wildman–Crippen MR) is 80.5 cm³/mol. The third-order valence-corrected chi connectivity index (χ3v) is 8.85. The molecule has 110 valence electrons.